The molecule has 0 fully saturated rings. The van der Waals surface area contributed by atoms with E-state index in [0.717, 1.165) is 14.2 Å². The molecule has 0 aliphatic carbocycles. The minimum atomic E-state index is -3.66. The van der Waals surface area contributed by atoms with Gasteiger partial charge in [-0.2, -0.15) is 8.42 Å². The van der Waals surface area contributed by atoms with E-state index in [2.05, 4.69) is 8.37 Å². The van der Waals surface area contributed by atoms with Crippen LogP contribution in [-0.4, -0.2) is 22.6 Å². The van der Waals surface area contributed by atoms with E-state index in [1.54, 1.807) is 0 Å². The van der Waals surface area contributed by atoms with Crippen molar-refractivity contribution in [2.24, 2.45) is 0 Å². The predicted molar refractivity (Wildman–Crippen MR) is 22.9 cm³/mol. The summed E-state index contributed by atoms with van der Waals surface area (Å²) in [5, 5.41) is 0. The molecule has 8 heavy (non-hydrogen) atoms. The molecule has 0 spiro atoms. The van der Waals surface area contributed by atoms with Crippen molar-refractivity contribution in [3.8, 4) is 0 Å². The maximum Gasteiger partial charge on any atom is 0.399 e. The molecule has 0 aromatic rings. The fourth-order valence-electron chi connectivity index (χ4n) is 0.0680. The smallest absolute Gasteiger partial charge is 0.252 e. The van der Waals surface area contributed by atoms with Crippen molar-refractivity contribution in [3.05, 3.63) is 0 Å². The molecule has 0 aromatic heterocycles. The number of hydrogen-bond acceptors (Lipinski definition) is 4. The SMILES string of the molecule is COS(=O)(=O)OC.[Cu]. The van der Waals surface area contributed by atoms with Gasteiger partial charge in [-0.05, 0) is 0 Å². The third kappa shape index (κ3) is 4.55. The maximum absolute atomic E-state index is 9.92. The molecule has 0 N–H and O–H groups in total. The van der Waals surface area contributed by atoms with Gasteiger partial charge in [0, 0.05) is 17.1 Å². The summed E-state index contributed by atoms with van der Waals surface area (Å²) in [5.41, 5.74) is 0. The van der Waals surface area contributed by atoms with E-state index in [-0.39, 0.29) is 17.1 Å². The van der Waals surface area contributed by atoms with Crippen LogP contribution in [-0.2, 0) is 35.8 Å². The van der Waals surface area contributed by atoms with Gasteiger partial charge in [0.25, 0.3) is 0 Å². The van der Waals surface area contributed by atoms with Crippen LogP contribution in [0.4, 0.5) is 0 Å². The van der Waals surface area contributed by atoms with Crippen LogP contribution >= 0.6 is 0 Å². The fraction of sp³-hybridized carbons (Fsp3) is 1.00. The van der Waals surface area contributed by atoms with Gasteiger partial charge in [0.2, 0.25) is 0 Å². The van der Waals surface area contributed by atoms with E-state index in [1.807, 2.05) is 0 Å². The molecule has 0 heterocycles. The number of hydrogen-bond donors (Lipinski definition) is 0. The molecule has 4 nitrogen and oxygen atoms in total. The summed E-state index contributed by atoms with van der Waals surface area (Å²) >= 11 is 0. The minimum Gasteiger partial charge on any atom is -0.252 e. The van der Waals surface area contributed by atoms with Crippen LogP contribution < -0.4 is 0 Å². The third-order valence-electron chi connectivity index (χ3n) is 0.408. The summed E-state index contributed by atoms with van der Waals surface area (Å²) < 4.78 is 27.5. The molecule has 0 aliphatic rings. The topological polar surface area (TPSA) is 52.6 Å². The standard InChI is InChI=1S/C2H6O4S.Cu/c1-5-7(3,4)6-2;/h1-2H3;. The zero-order valence-electron chi connectivity index (χ0n) is 4.34. The quantitative estimate of drug-likeness (QED) is 0.551. The summed E-state index contributed by atoms with van der Waals surface area (Å²) in [7, 11) is -1.60. The Labute approximate surface area is 59.0 Å². The van der Waals surface area contributed by atoms with Gasteiger partial charge in [-0.15, -0.1) is 0 Å². The Kier molecular flexibility index (Phi) is 6.01. The summed E-state index contributed by atoms with van der Waals surface area (Å²) in [5.74, 6) is 0. The van der Waals surface area contributed by atoms with Crippen LogP contribution in [0, 0.1) is 0 Å². The first-order chi connectivity index (χ1) is 3.12. The number of rotatable bonds is 2. The van der Waals surface area contributed by atoms with Gasteiger partial charge >= 0.3 is 10.4 Å². The zero-order valence-corrected chi connectivity index (χ0v) is 6.10. The van der Waals surface area contributed by atoms with Gasteiger partial charge in [-0.3, -0.25) is 8.37 Å². The van der Waals surface area contributed by atoms with Crippen molar-refractivity contribution in [2.45, 2.75) is 0 Å². The molecule has 1 radical (unpaired) electrons. The normalized spacial score (nSPS) is 10.2. The van der Waals surface area contributed by atoms with E-state index in [0.29, 0.717) is 0 Å². The third-order valence-corrected chi connectivity index (χ3v) is 1.22. The van der Waals surface area contributed by atoms with E-state index < -0.39 is 10.4 Å². The molecule has 0 saturated heterocycles. The summed E-state index contributed by atoms with van der Waals surface area (Å²) in [6, 6.07) is 0. The van der Waals surface area contributed by atoms with E-state index in [9.17, 15) is 8.42 Å². The Hall–Kier alpha value is 0.389. The van der Waals surface area contributed by atoms with Crippen LogP contribution in [0.1, 0.15) is 0 Å². The van der Waals surface area contributed by atoms with Crippen molar-refractivity contribution in [3.63, 3.8) is 0 Å². The minimum absolute atomic E-state index is 0. The van der Waals surface area contributed by atoms with Gasteiger partial charge in [0.15, 0.2) is 0 Å². The summed E-state index contributed by atoms with van der Waals surface area (Å²) in [4.78, 5) is 0. The Morgan fingerprint density at radius 1 is 1.12 bits per heavy atom. The van der Waals surface area contributed by atoms with E-state index in [4.69, 9.17) is 0 Å². The Bertz CT molecular complexity index is 117. The van der Waals surface area contributed by atoms with Gasteiger partial charge in [0.05, 0.1) is 14.2 Å². The van der Waals surface area contributed by atoms with Crippen LogP contribution in [0.3, 0.4) is 0 Å². The zero-order chi connectivity index (χ0) is 5.91. The first kappa shape index (κ1) is 11.2. The van der Waals surface area contributed by atoms with Crippen molar-refractivity contribution in [1.29, 1.82) is 0 Å². The largest absolute Gasteiger partial charge is 0.399 e. The van der Waals surface area contributed by atoms with Crippen LogP contribution in [0.15, 0.2) is 0 Å². The Morgan fingerprint density at radius 2 is 1.38 bits per heavy atom. The second-order valence-corrected chi connectivity index (χ2v) is 2.22. The summed E-state index contributed by atoms with van der Waals surface area (Å²) in [6.07, 6.45) is 0. The molecule has 0 unspecified atom stereocenters. The van der Waals surface area contributed by atoms with Crippen LogP contribution in [0.25, 0.3) is 0 Å². The second-order valence-electron chi connectivity index (χ2n) is 0.742. The molecular formula is C2H6CuO4S. The molecule has 0 rings (SSSR count). The Morgan fingerprint density at radius 3 is 1.38 bits per heavy atom. The molecule has 0 aliphatic heterocycles. The second kappa shape index (κ2) is 4.29. The molecule has 0 atom stereocenters. The molecule has 55 valence electrons. The van der Waals surface area contributed by atoms with Crippen molar-refractivity contribution in [2.75, 3.05) is 14.2 Å². The molecule has 0 aromatic carbocycles. The van der Waals surface area contributed by atoms with E-state index >= 15 is 0 Å². The molecular weight excluding hydrogens is 184 g/mol. The average Bonchev–Trinajstić information content (AvgIpc) is 1.68. The Balaban J connectivity index is 0. The first-order valence-electron chi connectivity index (χ1n) is 1.48. The van der Waals surface area contributed by atoms with E-state index in [1.165, 1.54) is 0 Å². The van der Waals surface area contributed by atoms with Crippen molar-refractivity contribution < 1.29 is 33.9 Å². The molecule has 6 heteroatoms. The summed E-state index contributed by atoms with van der Waals surface area (Å²) in [6.45, 7) is 0. The molecule has 0 saturated carbocycles. The predicted octanol–water partition coefficient (Wildman–Crippen LogP) is -0.478. The van der Waals surface area contributed by atoms with Gasteiger partial charge in [-0.1, -0.05) is 0 Å². The van der Waals surface area contributed by atoms with Crippen molar-refractivity contribution in [1.82, 2.24) is 0 Å². The molecule has 0 amide bonds. The first-order valence-corrected chi connectivity index (χ1v) is 2.82. The van der Waals surface area contributed by atoms with Crippen molar-refractivity contribution >= 4 is 10.4 Å². The van der Waals surface area contributed by atoms with Gasteiger partial charge < -0.3 is 0 Å². The van der Waals surface area contributed by atoms with Gasteiger partial charge in [-0.25, -0.2) is 0 Å². The fourth-order valence-corrected chi connectivity index (χ4v) is 0.204. The molecule has 0 bridgehead atoms. The van der Waals surface area contributed by atoms with Crippen LogP contribution in [0.5, 0.6) is 0 Å². The monoisotopic (exact) mass is 189 g/mol. The van der Waals surface area contributed by atoms with Crippen LogP contribution in [0.2, 0.25) is 0 Å². The maximum atomic E-state index is 9.92. The van der Waals surface area contributed by atoms with Gasteiger partial charge in [0.1, 0.15) is 0 Å². The average molecular weight is 190 g/mol.